The number of nitrogens with one attached hydrogen (secondary N) is 1. The quantitative estimate of drug-likeness (QED) is 0.581. The number of carbonyl (C=O) groups is 1. The third kappa shape index (κ3) is 5.18. The monoisotopic (exact) mass is 480 g/mol. The van der Waals surface area contributed by atoms with Crippen LogP contribution in [0.5, 0.6) is 5.75 Å². The van der Waals surface area contributed by atoms with E-state index in [0.717, 1.165) is 35.0 Å². The fourth-order valence-electron chi connectivity index (χ4n) is 3.38. The zero-order chi connectivity index (χ0) is 21.0. The molecule has 1 atom stereocenters. The summed E-state index contributed by atoms with van der Waals surface area (Å²) >= 11 is 3.46. The van der Waals surface area contributed by atoms with Gasteiger partial charge in [-0.25, -0.2) is 13.1 Å². The first-order valence-electron chi connectivity index (χ1n) is 9.65. The Kier molecular flexibility index (Phi) is 6.97. The minimum absolute atomic E-state index is 0.0668. The van der Waals surface area contributed by atoms with Gasteiger partial charge in [0.1, 0.15) is 5.75 Å². The summed E-state index contributed by atoms with van der Waals surface area (Å²) < 4.78 is 33.6. The lowest BCUT2D eigenvalue weighted by molar-refractivity contribution is -0.120. The van der Waals surface area contributed by atoms with Crippen molar-refractivity contribution in [1.29, 1.82) is 0 Å². The van der Waals surface area contributed by atoms with Crippen LogP contribution in [0.3, 0.4) is 0 Å². The van der Waals surface area contributed by atoms with Crippen molar-refractivity contribution in [2.75, 3.05) is 18.1 Å². The molecule has 0 bridgehead atoms. The molecule has 0 aromatic heterocycles. The Balaban J connectivity index is 1.61. The molecule has 8 heteroatoms. The molecule has 0 saturated carbocycles. The highest BCUT2D eigenvalue weighted by molar-refractivity contribution is 9.10. The van der Waals surface area contributed by atoms with Crippen molar-refractivity contribution in [3.05, 3.63) is 52.5 Å². The predicted octanol–water partition coefficient (Wildman–Crippen LogP) is 3.88. The van der Waals surface area contributed by atoms with Gasteiger partial charge < -0.3 is 9.64 Å². The summed E-state index contributed by atoms with van der Waals surface area (Å²) in [4.78, 5) is 14.7. The first-order valence-corrected chi connectivity index (χ1v) is 11.9. The number of sulfonamides is 1. The molecule has 1 aliphatic heterocycles. The van der Waals surface area contributed by atoms with Crippen LogP contribution in [0.2, 0.25) is 0 Å². The Labute approximate surface area is 180 Å². The summed E-state index contributed by atoms with van der Waals surface area (Å²) in [7, 11) is -3.52. The molecule has 1 amide bonds. The van der Waals surface area contributed by atoms with Crippen molar-refractivity contribution < 1.29 is 17.9 Å². The Morgan fingerprint density at radius 1 is 1.24 bits per heavy atom. The summed E-state index contributed by atoms with van der Waals surface area (Å²) in [5.74, 6) is 0.324. The first-order chi connectivity index (χ1) is 13.8. The number of rotatable bonds is 8. The fraction of sp³-hybridized carbons (Fsp3) is 0.381. The molecule has 1 heterocycles. The second kappa shape index (κ2) is 9.28. The molecular weight excluding hydrogens is 456 g/mol. The van der Waals surface area contributed by atoms with Crippen LogP contribution in [0.4, 0.5) is 5.69 Å². The topological polar surface area (TPSA) is 75.7 Å². The summed E-state index contributed by atoms with van der Waals surface area (Å²) in [6, 6.07) is 12.1. The van der Waals surface area contributed by atoms with E-state index in [1.807, 2.05) is 32.0 Å². The van der Waals surface area contributed by atoms with Gasteiger partial charge in [0.05, 0.1) is 4.90 Å². The number of benzene rings is 2. The maximum absolute atomic E-state index is 12.7. The van der Waals surface area contributed by atoms with Crippen molar-refractivity contribution in [1.82, 2.24) is 4.72 Å². The highest BCUT2D eigenvalue weighted by Gasteiger charge is 2.31. The molecular formula is C21H25BrN2O4S. The van der Waals surface area contributed by atoms with Gasteiger partial charge in [0.2, 0.25) is 10.0 Å². The number of carbonyl (C=O) groups excluding carboxylic acids is 1. The lowest BCUT2D eigenvalue weighted by atomic mass is 10.1. The van der Waals surface area contributed by atoms with Gasteiger partial charge >= 0.3 is 0 Å². The minimum atomic E-state index is -3.52. The molecule has 0 fully saturated rings. The molecule has 0 radical (unpaired) electrons. The number of hydrogen-bond donors (Lipinski definition) is 1. The zero-order valence-corrected chi connectivity index (χ0v) is 18.9. The summed E-state index contributed by atoms with van der Waals surface area (Å²) in [6.45, 7) is 4.32. The van der Waals surface area contributed by atoms with Gasteiger partial charge in [-0.15, -0.1) is 0 Å². The van der Waals surface area contributed by atoms with Crippen LogP contribution in [0, 0.1) is 0 Å². The molecule has 29 heavy (non-hydrogen) atoms. The van der Waals surface area contributed by atoms with E-state index in [-0.39, 0.29) is 23.5 Å². The van der Waals surface area contributed by atoms with Crippen molar-refractivity contribution in [3.8, 4) is 5.75 Å². The number of anilines is 1. The largest absolute Gasteiger partial charge is 0.484 e. The minimum Gasteiger partial charge on any atom is -0.484 e. The predicted molar refractivity (Wildman–Crippen MR) is 117 cm³/mol. The molecule has 6 nitrogen and oxygen atoms in total. The number of fused-ring (bicyclic) bond motifs is 1. The SMILES string of the molecule is CCCCNS(=O)(=O)c1ccc(OCC(=O)N2c3ccc(Br)cc3C[C@H]2C)cc1. The molecule has 1 N–H and O–H groups in total. The summed E-state index contributed by atoms with van der Waals surface area (Å²) in [5, 5.41) is 0. The Morgan fingerprint density at radius 2 is 1.97 bits per heavy atom. The van der Waals surface area contributed by atoms with Crippen LogP contribution >= 0.6 is 15.9 Å². The zero-order valence-electron chi connectivity index (χ0n) is 16.5. The van der Waals surface area contributed by atoms with Crippen LogP contribution in [0.25, 0.3) is 0 Å². The Morgan fingerprint density at radius 3 is 2.66 bits per heavy atom. The van der Waals surface area contributed by atoms with Crippen molar-refractivity contribution in [2.45, 2.75) is 44.0 Å². The number of halogens is 1. The third-order valence-electron chi connectivity index (χ3n) is 4.84. The highest BCUT2D eigenvalue weighted by atomic mass is 79.9. The van der Waals surface area contributed by atoms with E-state index in [2.05, 4.69) is 20.7 Å². The molecule has 156 valence electrons. The van der Waals surface area contributed by atoms with E-state index in [1.54, 1.807) is 17.0 Å². The second-order valence-corrected chi connectivity index (χ2v) is 9.78. The number of ether oxygens (including phenoxy) is 1. The van der Waals surface area contributed by atoms with Crippen LogP contribution in [-0.4, -0.2) is 33.5 Å². The molecule has 2 aromatic carbocycles. The average Bonchev–Trinajstić information content (AvgIpc) is 3.01. The van der Waals surface area contributed by atoms with Crippen LogP contribution in [0.1, 0.15) is 32.3 Å². The van der Waals surface area contributed by atoms with E-state index >= 15 is 0 Å². The molecule has 2 aromatic rings. The molecule has 0 unspecified atom stereocenters. The maximum Gasteiger partial charge on any atom is 0.265 e. The molecule has 0 saturated heterocycles. The number of nitrogens with zero attached hydrogens (tertiary/aromatic N) is 1. The lowest BCUT2D eigenvalue weighted by Gasteiger charge is -2.22. The van der Waals surface area contributed by atoms with E-state index in [0.29, 0.717) is 12.3 Å². The van der Waals surface area contributed by atoms with E-state index < -0.39 is 10.0 Å². The molecule has 0 spiro atoms. The highest BCUT2D eigenvalue weighted by Crippen LogP contribution is 2.34. The Hall–Kier alpha value is -1.90. The van der Waals surface area contributed by atoms with Gasteiger partial charge in [0.15, 0.2) is 6.61 Å². The maximum atomic E-state index is 12.7. The van der Waals surface area contributed by atoms with E-state index in [1.165, 1.54) is 12.1 Å². The van der Waals surface area contributed by atoms with Gasteiger partial charge in [-0.2, -0.15) is 0 Å². The smallest absolute Gasteiger partial charge is 0.265 e. The van der Waals surface area contributed by atoms with Gasteiger partial charge in [0.25, 0.3) is 5.91 Å². The molecule has 1 aliphatic rings. The second-order valence-electron chi connectivity index (χ2n) is 7.10. The first kappa shape index (κ1) is 21.8. The van der Waals surface area contributed by atoms with Crippen molar-refractivity contribution >= 4 is 37.5 Å². The summed E-state index contributed by atoms with van der Waals surface area (Å²) in [6.07, 6.45) is 2.51. The molecule has 0 aliphatic carbocycles. The third-order valence-corrected chi connectivity index (χ3v) is 6.81. The summed E-state index contributed by atoms with van der Waals surface area (Å²) in [5.41, 5.74) is 2.04. The number of amides is 1. The number of hydrogen-bond acceptors (Lipinski definition) is 4. The number of unbranched alkanes of at least 4 members (excludes halogenated alkanes) is 1. The van der Waals surface area contributed by atoms with Crippen LogP contribution in [-0.2, 0) is 21.2 Å². The Bertz CT molecular complexity index is 977. The normalized spacial score (nSPS) is 16.0. The van der Waals surface area contributed by atoms with Gasteiger partial charge in [-0.05, 0) is 67.8 Å². The van der Waals surface area contributed by atoms with Crippen molar-refractivity contribution in [2.24, 2.45) is 0 Å². The van der Waals surface area contributed by atoms with E-state index in [9.17, 15) is 13.2 Å². The van der Waals surface area contributed by atoms with Gasteiger partial charge in [0, 0.05) is 22.7 Å². The van der Waals surface area contributed by atoms with Gasteiger partial charge in [-0.1, -0.05) is 29.3 Å². The molecule has 3 rings (SSSR count). The van der Waals surface area contributed by atoms with Crippen LogP contribution in [0.15, 0.2) is 51.8 Å². The standard InChI is InChI=1S/C21H25BrN2O4S/c1-3-4-11-23-29(26,27)19-8-6-18(7-9-19)28-14-21(25)24-15(2)12-16-13-17(22)5-10-20(16)24/h5-10,13,15,23H,3-4,11-12,14H2,1-2H3/t15-/m1/s1. The van der Waals surface area contributed by atoms with Crippen LogP contribution < -0.4 is 14.4 Å². The van der Waals surface area contributed by atoms with Crippen molar-refractivity contribution in [3.63, 3.8) is 0 Å². The average molecular weight is 481 g/mol. The fourth-order valence-corrected chi connectivity index (χ4v) is 4.86. The van der Waals surface area contributed by atoms with Gasteiger partial charge in [-0.3, -0.25) is 4.79 Å². The van der Waals surface area contributed by atoms with E-state index in [4.69, 9.17) is 4.74 Å². The lowest BCUT2D eigenvalue weighted by Crippen LogP contribution is -2.39.